The largest absolute Gasteiger partial charge is 0.493 e. The molecule has 2 amide bonds. The van der Waals surface area contributed by atoms with Gasteiger partial charge in [0.2, 0.25) is 17.6 Å². The average molecular weight is 485 g/mol. The summed E-state index contributed by atoms with van der Waals surface area (Å²) < 4.78 is 16.1. The SMILES string of the molecule is COc1ccc(-c2noc(C3CCN(C(=O)CNC(=O)c4cccc(Cl)c4)CC3)n2)cc1OC. The van der Waals surface area contributed by atoms with Crippen molar-refractivity contribution in [3.63, 3.8) is 0 Å². The smallest absolute Gasteiger partial charge is 0.251 e. The highest BCUT2D eigenvalue weighted by Crippen LogP contribution is 2.33. The molecule has 1 aliphatic rings. The molecule has 0 bridgehead atoms. The standard InChI is InChI=1S/C24H25ClN4O5/c1-32-19-7-6-16(13-20(19)33-2)22-27-24(34-28-22)15-8-10-29(11-9-15)21(30)14-26-23(31)17-4-3-5-18(25)12-17/h3-7,12-13,15H,8-11,14H2,1-2H3,(H,26,31). The summed E-state index contributed by atoms with van der Waals surface area (Å²) in [6.07, 6.45) is 1.39. The minimum Gasteiger partial charge on any atom is -0.493 e. The van der Waals surface area contributed by atoms with Gasteiger partial charge in [0.15, 0.2) is 11.5 Å². The van der Waals surface area contributed by atoms with Gasteiger partial charge in [-0.2, -0.15) is 4.98 Å². The number of aromatic nitrogens is 2. The predicted molar refractivity (Wildman–Crippen MR) is 125 cm³/mol. The highest BCUT2D eigenvalue weighted by atomic mass is 35.5. The number of hydrogen-bond donors (Lipinski definition) is 1. The van der Waals surface area contributed by atoms with Gasteiger partial charge in [-0.1, -0.05) is 22.8 Å². The molecule has 4 rings (SSSR count). The number of ether oxygens (including phenoxy) is 2. The second-order valence-corrected chi connectivity index (χ2v) is 8.31. The number of amides is 2. The summed E-state index contributed by atoms with van der Waals surface area (Å²) in [5.74, 6) is 1.82. The molecule has 1 aromatic heterocycles. The van der Waals surface area contributed by atoms with Crippen LogP contribution in [0, 0.1) is 0 Å². The predicted octanol–water partition coefficient (Wildman–Crippen LogP) is 3.54. The molecular formula is C24H25ClN4O5. The molecule has 2 heterocycles. The summed E-state index contributed by atoms with van der Waals surface area (Å²) in [7, 11) is 3.15. The third-order valence-corrected chi connectivity index (χ3v) is 6.00. The van der Waals surface area contributed by atoms with Gasteiger partial charge in [-0.3, -0.25) is 9.59 Å². The number of carbonyl (C=O) groups excluding carboxylic acids is 2. The van der Waals surface area contributed by atoms with E-state index >= 15 is 0 Å². The van der Waals surface area contributed by atoms with Crippen LogP contribution in [0.2, 0.25) is 5.02 Å². The number of likely N-dealkylation sites (tertiary alicyclic amines) is 1. The van der Waals surface area contributed by atoms with Crippen LogP contribution in [0.4, 0.5) is 0 Å². The fraction of sp³-hybridized carbons (Fsp3) is 0.333. The first-order chi connectivity index (χ1) is 16.5. The monoisotopic (exact) mass is 484 g/mol. The minimum atomic E-state index is -0.334. The topological polar surface area (TPSA) is 107 Å². The lowest BCUT2D eigenvalue weighted by molar-refractivity contribution is -0.131. The number of hydrogen-bond acceptors (Lipinski definition) is 7. The quantitative estimate of drug-likeness (QED) is 0.546. The average Bonchev–Trinajstić information content (AvgIpc) is 3.37. The maximum absolute atomic E-state index is 12.6. The lowest BCUT2D eigenvalue weighted by Crippen LogP contribution is -2.43. The molecule has 1 aliphatic heterocycles. The third-order valence-electron chi connectivity index (χ3n) is 5.77. The molecular weight excluding hydrogens is 460 g/mol. The Balaban J connectivity index is 1.30. The highest BCUT2D eigenvalue weighted by Gasteiger charge is 2.28. The highest BCUT2D eigenvalue weighted by molar-refractivity contribution is 6.31. The zero-order chi connectivity index (χ0) is 24.1. The molecule has 0 saturated carbocycles. The lowest BCUT2D eigenvalue weighted by atomic mass is 9.96. The van der Waals surface area contributed by atoms with Crippen molar-refractivity contribution in [2.45, 2.75) is 18.8 Å². The molecule has 1 N–H and O–H groups in total. The van der Waals surface area contributed by atoms with E-state index in [2.05, 4.69) is 15.5 Å². The molecule has 10 heteroatoms. The van der Waals surface area contributed by atoms with E-state index in [1.165, 1.54) is 0 Å². The van der Waals surface area contributed by atoms with Crippen LogP contribution in [0.25, 0.3) is 11.4 Å². The second-order valence-electron chi connectivity index (χ2n) is 7.87. The van der Waals surface area contributed by atoms with Gasteiger partial charge in [0.05, 0.1) is 20.8 Å². The fourth-order valence-electron chi connectivity index (χ4n) is 3.87. The Morgan fingerprint density at radius 2 is 1.88 bits per heavy atom. The summed E-state index contributed by atoms with van der Waals surface area (Å²) in [4.78, 5) is 31.1. The van der Waals surface area contributed by atoms with Gasteiger partial charge in [0.1, 0.15) is 0 Å². The Kier molecular flexibility index (Phi) is 7.32. The van der Waals surface area contributed by atoms with Crippen LogP contribution in [0.1, 0.15) is 35.0 Å². The van der Waals surface area contributed by atoms with Crippen LogP contribution in [0.3, 0.4) is 0 Å². The number of piperidine rings is 1. The molecule has 0 aliphatic carbocycles. The van der Waals surface area contributed by atoms with E-state index in [-0.39, 0.29) is 24.3 Å². The van der Waals surface area contributed by atoms with Crippen molar-refractivity contribution in [1.29, 1.82) is 0 Å². The molecule has 178 valence electrons. The Morgan fingerprint density at radius 3 is 2.59 bits per heavy atom. The second kappa shape index (κ2) is 10.6. The first kappa shape index (κ1) is 23.6. The number of nitrogens with zero attached hydrogens (tertiary/aromatic N) is 3. The molecule has 34 heavy (non-hydrogen) atoms. The summed E-state index contributed by atoms with van der Waals surface area (Å²) in [6, 6.07) is 12.0. The van der Waals surface area contributed by atoms with Crippen LogP contribution < -0.4 is 14.8 Å². The normalized spacial score (nSPS) is 14.0. The van der Waals surface area contributed by atoms with Crippen molar-refractivity contribution in [3.8, 4) is 22.9 Å². The zero-order valence-corrected chi connectivity index (χ0v) is 19.7. The van der Waals surface area contributed by atoms with E-state index in [4.69, 9.17) is 25.6 Å². The lowest BCUT2D eigenvalue weighted by Gasteiger charge is -2.30. The maximum Gasteiger partial charge on any atom is 0.251 e. The van der Waals surface area contributed by atoms with E-state index in [0.717, 1.165) is 5.56 Å². The molecule has 0 atom stereocenters. The van der Waals surface area contributed by atoms with Crippen molar-refractivity contribution in [1.82, 2.24) is 20.4 Å². The Bertz CT molecular complexity index is 1170. The van der Waals surface area contributed by atoms with Crippen LogP contribution in [0.15, 0.2) is 47.0 Å². The van der Waals surface area contributed by atoms with Crippen molar-refractivity contribution in [2.24, 2.45) is 0 Å². The number of carbonyl (C=O) groups is 2. The van der Waals surface area contributed by atoms with E-state index < -0.39 is 0 Å². The van der Waals surface area contributed by atoms with E-state index in [0.29, 0.717) is 59.7 Å². The van der Waals surface area contributed by atoms with Gasteiger partial charge >= 0.3 is 0 Å². The minimum absolute atomic E-state index is 0.0616. The van der Waals surface area contributed by atoms with Gasteiger partial charge in [-0.25, -0.2) is 0 Å². The molecule has 0 unspecified atom stereocenters. The Labute approximate surface area is 202 Å². The Hall–Kier alpha value is -3.59. The number of halogens is 1. The molecule has 0 spiro atoms. The van der Waals surface area contributed by atoms with Crippen LogP contribution >= 0.6 is 11.6 Å². The van der Waals surface area contributed by atoms with Crippen molar-refractivity contribution < 1.29 is 23.6 Å². The van der Waals surface area contributed by atoms with Crippen molar-refractivity contribution >= 4 is 23.4 Å². The fourth-order valence-corrected chi connectivity index (χ4v) is 4.06. The molecule has 3 aromatic rings. The van der Waals surface area contributed by atoms with E-state index in [9.17, 15) is 9.59 Å². The zero-order valence-electron chi connectivity index (χ0n) is 18.9. The Morgan fingerprint density at radius 1 is 1.12 bits per heavy atom. The summed E-state index contributed by atoms with van der Waals surface area (Å²) >= 11 is 5.92. The van der Waals surface area contributed by atoms with Crippen molar-refractivity contribution in [2.75, 3.05) is 33.9 Å². The van der Waals surface area contributed by atoms with E-state index in [1.807, 2.05) is 6.07 Å². The molecule has 0 radical (unpaired) electrons. The number of nitrogens with one attached hydrogen (secondary N) is 1. The summed E-state index contributed by atoms with van der Waals surface area (Å²) in [5, 5.41) is 7.24. The van der Waals surface area contributed by atoms with Gasteiger partial charge in [0, 0.05) is 35.2 Å². The van der Waals surface area contributed by atoms with E-state index in [1.54, 1.807) is 55.5 Å². The number of rotatable bonds is 7. The first-order valence-electron chi connectivity index (χ1n) is 10.9. The molecule has 1 fully saturated rings. The van der Waals surface area contributed by atoms with Gasteiger partial charge in [-0.15, -0.1) is 0 Å². The van der Waals surface area contributed by atoms with Gasteiger partial charge in [-0.05, 0) is 49.2 Å². The van der Waals surface area contributed by atoms with Crippen LogP contribution in [-0.4, -0.2) is 60.7 Å². The third kappa shape index (κ3) is 5.31. The van der Waals surface area contributed by atoms with Gasteiger partial charge in [0.25, 0.3) is 5.91 Å². The summed E-state index contributed by atoms with van der Waals surface area (Å²) in [5.41, 5.74) is 1.18. The molecule has 2 aromatic carbocycles. The van der Waals surface area contributed by atoms with Gasteiger partial charge < -0.3 is 24.2 Å². The molecule has 1 saturated heterocycles. The first-order valence-corrected chi connectivity index (χ1v) is 11.2. The van der Waals surface area contributed by atoms with Crippen LogP contribution in [-0.2, 0) is 4.79 Å². The van der Waals surface area contributed by atoms with Crippen molar-refractivity contribution in [3.05, 3.63) is 58.9 Å². The van der Waals surface area contributed by atoms with Crippen LogP contribution in [0.5, 0.6) is 11.5 Å². The molecule has 9 nitrogen and oxygen atoms in total. The number of methoxy groups -OCH3 is 2. The maximum atomic E-state index is 12.6. The summed E-state index contributed by atoms with van der Waals surface area (Å²) in [6.45, 7) is 1.02. The number of benzene rings is 2.